The number of carbonyl (C=O) groups is 1. The van der Waals surface area contributed by atoms with Crippen molar-refractivity contribution in [1.82, 2.24) is 14.8 Å². The number of fused-ring (bicyclic) bond motifs is 1. The number of nitrogens with zero attached hydrogens (tertiary/aromatic N) is 4. The highest BCUT2D eigenvalue weighted by Crippen LogP contribution is 2.27. The fraction of sp³-hybridized carbons (Fsp3) is 0.556. The summed E-state index contributed by atoms with van der Waals surface area (Å²) >= 11 is 6.03. The number of urea groups is 1. The van der Waals surface area contributed by atoms with Crippen LogP contribution in [0.3, 0.4) is 0 Å². The Kier molecular flexibility index (Phi) is 4.91. The number of anilines is 1. The molecule has 1 aromatic carbocycles. The van der Waals surface area contributed by atoms with E-state index in [1.54, 1.807) is 12.1 Å². The average Bonchev–Trinajstić information content (AvgIpc) is 3.11. The Hall–Kier alpha value is -1.99. The maximum Gasteiger partial charge on any atom is 0.320 e. The minimum Gasteiger partial charge on any atom is -0.423 e. The quantitative estimate of drug-likeness (QED) is 0.804. The number of benzene rings is 1. The third-order valence-corrected chi connectivity index (χ3v) is 5.37. The molecule has 0 saturated carbocycles. The predicted octanol–water partition coefficient (Wildman–Crippen LogP) is 2.83. The lowest BCUT2D eigenvalue weighted by Gasteiger charge is -2.39. The first-order valence-electron chi connectivity index (χ1n) is 9.02. The number of morpholine rings is 1. The normalized spacial score (nSPS) is 21.2. The molecule has 2 fully saturated rings. The number of likely N-dealkylation sites (N-methyl/N-ethyl adjacent to an activating group) is 1. The molecule has 0 spiro atoms. The van der Waals surface area contributed by atoms with E-state index >= 15 is 0 Å². The van der Waals surface area contributed by atoms with Crippen LogP contribution in [-0.2, 0) is 4.74 Å². The molecule has 0 bridgehead atoms. The zero-order valence-corrected chi connectivity index (χ0v) is 15.6. The molecule has 26 heavy (non-hydrogen) atoms. The molecule has 1 atom stereocenters. The molecule has 2 aliphatic heterocycles. The summed E-state index contributed by atoms with van der Waals surface area (Å²) in [5, 5.41) is 0.643. The summed E-state index contributed by atoms with van der Waals surface area (Å²) in [7, 11) is 1.89. The van der Waals surface area contributed by atoms with Gasteiger partial charge in [0.25, 0.3) is 6.01 Å². The molecule has 0 radical (unpaired) electrons. The fourth-order valence-corrected chi connectivity index (χ4v) is 3.77. The maximum atomic E-state index is 12.7. The number of ether oxygens (including phenoxy) is 1. The highest BCUT2D eigenvalue weighted by molar-refractivity contribution is 6.31. The second-order valence-corrected chi connectivity index (χ2v) is 7.28. The summed E-state index contributed by atoms with van der Waals surface area (Å²) in [4.78, 5) is 23.2. The zero-order valence-electron chi connectivity index (χ0n) is 14.9. The van der Waals surface area contributed by atoms with Crippen LogP contribution in [-0.4, -0.2) is 73.3 Å². The van der Waals surface area contributed by atoms with E-state index in [2.05, 4.69) is 9.88 Å². The lowest BCUT2D eigenvalue weighted by atomic mass is 10.1. The second kappa shape index (κ2) is 7.32. The number of aromatic nitrogens is 1. The van der Waals surface area contributed by atoms with Crippen molar-refractivity contribution in [1.29, 1.82) is 0 Å². The summed E-state index contributed by atoms with van der Waals surface area (Å²) in [6.45, 7) is 4.13. The number of halogens is 1. The molecule has 3 heterocycles. The number of piperidine rings is 1. The lowest BCUT2D eigenvalue weighted by molar-refractivity contribution is 0.0413. The summed E-state index contributed by atoms with van der Waals surface area (Å²) < 4.78 is 11.2. The molecule has 0 aliphatic carbocycles. The van der Waals surface area contributed by atoms with Gasteiger partial charge in [-0.1, -0.05) is 11.6 Å². The van der Waals surface area contributed by atoms with Gasteiger partial charge in [0, 0.05) is 38.2 Å². The molecule has 8 heteroatoms. The van der Waals surface area contributed by atoms with Crippen LogP contribution in [0.15, 0.2) is 22.6 Å². The van der Waals surface area contributed by atoms with Gasteiger partial charge in [0.2, 0.25) is 0 Å². The van der Waals surface area contributed by atoms with E-state index in [1.807, 2.05) is 22.9 Å². The molecule has 7 nitrogen and oxygen atoms in total. The molecule has 1 aromatic heterocycles. The molecule has 140 valence electrons. The Bertz CT molecular complexity index is 790. The van der Waals surface area contributed by atoms with E-state index in [1.165, 1.54) is 0 Å². The van der Waals surface area contributed by atoms with Crippen LogP contribution in [0.25, 0.3) is 11.1 Å². The highest BCUT2D eigenvalue weighted by atomic mass is 35.5. The van der Waals surface area contributed by atoms with Gasteiger partial charge < -0.3 is 23.9 Å². The Morgan fingerprint density at radius 3 is 2.92 bits per heavy atom. The van der Waals surface area contributed by atoms with Crippen molar-refractivity contribution in [3.63, 3.8) is 0 Å². The molecular weight excluding hydrogens is 356 g/mol. The van der Waals surface area contributed by atoms with Gasteiger partial charge in [0.05, 0.1) is 19.3 Å². The highest BCUT2D eigenvalue weighted by Gasteiger charge is 2.31. The Morgan fingerprint density at radius 1 is 1.31 bits per heavy atom. The summed E-state index contributed by atoms with van der Waals surface area (Å²) in [5.74, 6) is 0. The molecular formula is C18H23ClN4O3. The second-order valence-electron chi connectivity index (χ2n) is 6.84. The Labute approximate surface area is 157 Å². The maximum absolute atomic E-state index is 12.7. The number of carbonyl (C=O) groups excluding carboxylic acids is 1. The van der Waals surface area contributed by atoms with Gasteiger partial charge in [-0.2, -0.15) is 4.98 Å². The van der Waals surface area contributed by atoms with E-state index in [-0.39, 0.29) is 12.1 Å². The third-order valence-electron chi connectivity index (χ3n) is 5.14. The average molecular weight is 379 g/mol. The van der Waals surface area contributed by atoms with Gasteiger partial charge in [-0.3, -0.25) is 0 Å². The van der Waals surface area contributed by atoms with E-state index in [4.69, 9.17) is 20.8 Å². The van der Waals surface area contributed by atoms with Gasteiger partial charge in [0.1, 0.15) is 5.52 Å². The van der Waals surface area contributed by atoms with Crippen molar-refractivity contribution < 1.29 is 13.9 Å². The van der Waals surface area contributed by atoms with Crippen LogP contribution in [0, 0.1) is 0 Å². The summed E-state index contributed by atoms with van der Waals surface area (Å²) in [6, 6.07) is 6.25. The molecule has 2 aliphatic rings. The first-order chi connectivity index (χ1) is 12.6. The van der Waals surface area contributed by atoms with Crippen molar-refractivity contribution >= 4 is 34.7 Å². The van der Waals surface area contributed by atoms with Crippen LogP contribution in [0.4, 0.5) is 10.8 Å². The first kappa shape index (κ1) is 17.4. The molecule has 2 amide bonds. The van der Waals surface area contributed by atoms with Gasteiger partial charge in [0.15, 0.2) is 5.58 Å². The SMILES string of the molecule is CN(C(=O)N1CCOCC1)C1CCCN(c2nc3cc(Cl)ccc3o2)C1. The number of amides is 2. The van der Waals surface area contributed by atoms with Crippen molar-refractivity contribution in [2.75, 3.05) is 51.3 Å². The fourth-order valence-electron chi connectivity index (χ4n) is 3.60. The molecule has 1 unspecified atom stereocenters. The number of oxazole rings is 1. The smallest absolute Gasteiger partial charge is 0.320 e. The summed E-state index contributed by atoms with van der Waals surface area (Å²) in [5.41, 5.74) is 1.48. The summed E-state index contributed by atoms with van der Waals surface area (Å²) in [6.07, 6.45) is 1.97. The predicted molar refractivity (Wildman–Crippen MR) is 99.8 cm³/mol. The van der Waals surface area contributed by atoms with Crippen LogP contribution in [0.1, 0.15) is 12.8 Å². The van der Waals surface area contributed by atoms with E-state index < -0.39 is 0 Å². The Balaban J connectivity index is 1.46. The van der Waals surface area contributed by atoms with Crippen LogP contribution in [0.2, 0.25) is 5.02 Å². The van der Waals surface area contributed by atoms with Crippen LogP contribution >= 0.6 is 11.6 Å². The van der Waals surface area contributed by atoms with Crippen molar-refractivity contribution in [2.24, 2.45) is 0 Å². The minimum absolute atomic E-state index is 0.0736. The molecule has 4 rings (SSSR count). The minimum atomic E-state index is 0.0736. The zero-order chi connectivity index (χ0) is 18.1. The molecule has 0 N–H and O–H groups in total. The van der Waals surface area contributed by atoms with Crippen molar-refractivity contribution in [3.05, 3.63) is 23.2 Å². The van der Waals surface area contributed by atoms with Gasteiger partial charge in [-0.25, -0.2) is 4.79 Å². The standard InChI is InChI=1S/C18H23ClN4O3/c1-21(18(24)22-7-9-25-10-8-22)14-3-2-6-23(12-14)17-20-15-11-13(19)4-5-16(15)26-17/h4-5,11,14H,2-3,6-10,12H2,1H3. The topological polar surface area (TPSA) is 62.1 Å². The monoisotopic (exact) mass is 378 g/mol. The number of hydrogen-bond donors (Lipinski definition) is 0. The lowest BCUT2D eigenvalue weighted by Crippen LogP contribution is -2.54. The van der Waals surface area contributed by atoms with Crippen molar-refractivity contribution in [2.45, 2.75) is 18.9 Å². The molecule has 2 saturated heterocycles. The van der Waals surface area contributed by atoms with E-state index in [0.717, 1.165) is 30.5 Å². The van der Waals surface area contributed by atoms with Gasteiger partial charge in [-0.15, -0.1) is 0 Å². The van der Waals surface area contributed by atoms with Crippen LogP contribution < -0.4 is 4.90 Å². The van der Waals surface area contributed by atoms with Crippen LogP contribution in [0.5, 0.6) is 0 Å². The molecule has 2 aromatic rings. The van der Waals surface area contributed by atoms with E-state index in [9.17, 15) is 4.79 Å². The van der Waals surface area contributed by atoms with E-state index in [0.29, 0.717) is 43.9 Å². The van der Waals surface area contributed by atoms with Gasteiger partial charge in [-0.05, 0) is 31.0 Å². The van der Waals surface area contributed by atoms with Gasteiger partial charge >= 0.3 is 6.03 Å². The van der Waals surface area contributed by atoms with Crippen molar-refractivity contribution in [3.8, 4) is 0 Å². The number of hydrogen-bond acceptors (Lipinski definition) is 5. The Morgan fingerprint density at radius 2 is 2.12 bits per heavy atom. The first-order valence-corrected chi connectivity index (χ1v) is 9.40. The number of rotatable bonds is 2. The third kappa shape index (κ3) is 3.46. The largest absolute Gasteiger partial charge is 0.423 e.